The molecule has 1 saturated heterocycles. The van der Waals surface area contributed by atoms with Crippen molar-refractivity contribution in [2.24, 2.45) is 11.8 Å². The second kappa shape index (κ2) is 4.77. The third-order valence-corrected chi connectivity index (χ3v) is 2.90. The smallest absolute Gasteiger partial charge is 0.0269 e. The van der Waals surface area contributed by atoms with E-state index in [0.717, 1.165) is 19.6 Å². The highest BCUT2D eigenvalue weighted by Crippen LogP contribution is 2.23. The van der Waals surface area contributed by atoms with Crippen LogP contribution in [-0.2, 0) is 0 Å². The highest BCUT2D eigenvalue weighted by Gasteiger charge is 2.28. The summed E-state index contributed by atoms with van der Waals surface area (Å²) >= 11 is 0. The van der Waals surface area contributed by atoms with Crippen molar-refractivity contribution >= 4 is 0 Å². The minimum Gasteiger partial charge on any atom is -0.315 e. The Bertz CT molecular complexity index is 175. The fourth-order valence-electron chi connectivity index (χ4n) is 1.97. The molecule has 2 N–H and O–H groups in total. The van der Waals surface area contributed by atoms with E-state index in [1.807, 2.05) is 0 Å². The van der Waals surface area contributed by atoms with Gasteiger partial charge in [0.2, 0.25) is 0 Å². The van der Waals surface area contributed by atoms with Crippen LogP contribution in [0.3, 0.4) is 0 Å². The van der Waals surface area contributed by atoms with Crippen LogP contribution in [0.1, 0.15) is 20.8 Å². The summed E-state index contributed by atoms with van der Waals surface area (Å²) in [5.74, 6) is 1.23. The molecule has 0 aliphatic carbocycles. The minimum atomic E-state index is 0.597. The molecule has 0 amide bonds. The molecule has 2 nitrogen and oxygen atoms in total. The van der Waals surface area contributed by atoms with Crippen LogP contribution in [0.5, 0.6) is 0 Å². The van der Waals surface area contributed by atoms with Crippen LogP contribution >= 0.6 is 0 Å². The predicted octanol–water partition coefficient (Wildman–Crippen LogP) is 1.40. The van der Waals surface area contributed by atoms with Crippen molar-refractivity contribution < 1.29 is 0 Å². The summed E-state index contributed by atoms with van der Waals surface area (Å²) in [6.45, 7) is 14.0. The van der Waals surface area contributed by atoms with Gasteiger partial charge in [-0.1, -0.05) is 32.9 Å². The van der Waals surface area contributed by atoms with Gasteiger partial charge in [0.25, 0.3) is 0 Å². The molecule has 2 atom stereocenters. The Morgan fingerprint density at radius 2 is 2.23 bits per heavy atom. The van der Waals surface area contributed by atoms with Gasteiger partial charge in [-0.05, 0) is 12.5 Å². The average molecular weight is 182 g/mol. The van der Waals surface area contributed by atoms with Gasteiger partial charge in [0.1, 0.15) is 0 Å². The van der Waals surface area contributed by atoms with Gasteiger partial charge in [-0.15, -0.1) is 0 Å². The maximum absolute atomic E-state index is 4.19. The van der Waals surface area contributed by atoms with E-state index in [9.17, 15) is 0 Å². The van der Waals surface area contributed by atoms with E-state index in [1.54, 1.807) is 0 Å². The zero-order valence-corrected chi connectivity index (χ0v) is 9.06. The summed E-state index contributed by atoms with van der Waals surface area (Å²) in [5.41, 5.74) is 1.39. The lowest BCUT2D eigenvalue weighted by molar-refractivity contribution is 0.456. The Hall–Kier alpha value is -0.340. The number of rotatable bonds is 4. The Kier molecular flexibility index (Phi) is 3.94. The Morgan fingerprint density at radius 3 is 2.77 bits per heavy atom. The van der Waals surface area contributed by atoms with Crippen LogP contribution in [0, 0.1) is 11.8 Å². The van der Waals surface area contributed by atoms with Crippen molar-refractivity contribution in [3.05, 3.63) is 12.2 Å². The molecule has 0 aromatic rings. The predicted molar refractivity (Wildman–Crippen MR) is 57.8 cm³/mol. The zero-order chi connectivity index (χ0) is 9.84. The molecule has 2 heteroatoms. The Balaban J connectivity index is 2.52. The molecule has 1 aliphatic rings. The lowest BCUT2D eigenvalue weighted by Crippen LogP contribution is -2.37. The van der Waals surface area contributed by atoms with Crippen molar-refractivity contribution in [1.82, 2.24) is 10.6 Å². The molecule has 1 heterocycles. The molecule has 0 radical (unpaired) electrons. The summed E-state index contributed by atoms with van der Waals surface area (Å²) in [5, 5.41) is 6.93. The summed E-state index contributed by atoms with van der Waals surface area (Å²) in [6.07, 6.45) is 0. The second-order valence-corrected chi connectivity index (χ2v) is 4.16. The van der Waals surface area contributed by atoms with E-state index in [0.29, 0.717) is 17.9 Å². The van der Waals surface area contributed by atoms with Crippen molar-refractivity contribution in [2.45, 2.75) is 26.8 Å². The fourth-order valence-corrected chi connectivity index (χ4v) is 1.97. The molecular weight excluding hydrogens is 160 g/mol. The molecule has 13 heavy (non-hydrogen) atoms. The van der Waals surface area contributed by atoms with Gasteiger partial charge >= 0.3 is 0 Å². The molecule has 1 fully saturated rings. The average Bonchev–Trinajstić information content (AvgIpc) is 2.52. The minimum absolute atomic E-state index is 0.597. The van der Waals surface area contributed by atoms with E-state index in [2.05, 4.69) is 38.0 Å². The maximum Gasteiger partial charge on any atom is 0.0269 e. The van der Waals surface area contributed by atoms with E-state index >= 15 is 0 Å². The van der Waals surface area contributed by atoms with E-state index in [1.165, 1.54) is 5.57 Å². The molecule has 1 rings (SSSR count). The Morgan fingerprint density at radius 1 is 1.54 bits per heavy atom. The molecule has 0 aromatic heterocycles. The highest BCUT2D eigenvalue weighted by molar-refractivity contribution is 5.11. The summed E-state index contributed by atoms with van der Waals surface area (Å²) in [6, 6.07) is 0.597. The molecule has 1 aliphatic heterocycles. The number of hydrogen-bond donors (Lipinski definition) is 2. The van der Waals surface area contributed by atoms with Crippen LogP contribution in [0.4, 0.5) is 0 Å². The normalized spacial score (nSPS) is 28.3. The first kappa shape index (κ1) is 10.7. The molecule has 0 saturated carbocycles. The molecular formula is C11H22N2. The van der Waals surface area contributed by atoms with Crippen molar-refractivity contribution in [2.75, 3.05) is 19.6 Å². The summed E-state index contributed by atoms with van der Waals surface area (Å²) < 4.78 is 0. The van der Waals surface area contributed by atoms with Crippen LogP contribution in [0.25, 0.3) is 0 Å². The first-order valence-corrected chi connectivity index (χ1v) is 5.29. The van der Waals surface area contributed by atoms with Gasteiger partial charge in [-0.25, -0.2) is 0 Å². The van der Waals surface area contributed by atoms with Crippen molar-refractivity contribution in [1.29, 1.82) is 0 Å². The van der Waals surface area contributed by atoms with Gasteiger partial charge in [0, 0.05) is 25.0 Å². The van der Waals surface area contributed by atoms with Gasteiger partial charge in [-0.3, -0.25) is 0 Å². The van der Waals surface area contributed by atoms with Gasteiger partial charge in [-0.2, -0.15) is 0 Å². The summed E-state index contributed by atoms with van der Waals surface area (Å²) in [4.78, 5) is 0. The van der Waals surface area contributed by atoms with E-state index in [-0.39, 0.29) is 0 Å². The topological polar surface area (TPSA) is 24.1 Å². The molecule has 76 valence electrons. The molecule has 0 aromatic carbocycles. The molecule has 0 spiro atoms. The van der Waals surface area contributed by atoms with E-state index in [4.69, 9.17) is 0 Å². The third-order valence-electron chi connectivity index (χ3n) is 2.90. The number of hydrogen-bond acceptors (Lipinski definition) is 2. The van der Waals surface area contributed by atoms with Gasteiger partial charge in [0.05, 0.1) is 0 Å². The Labute approximate surface area is 81.8 Å². The zero-order valence-electron chi connectivity index (χ0n) is 9.06. The van der Waals surface area contributed by atoms with Crippen molar-refractivity contribution in [3.8, 4) is 0 Å². The third kappa shape index (κ3) is 2.55. The largest absolute Gasteiger partial charge is 0.315 e. The first-order valence-electron chi connectivity index (χ1n) is 5.29. The monoisotopic (exact) mass is 182 g/mol. The van der Waals surface area contributed by atoms with E-state index < -0.39 is 0 Å². The lowest BCUT2D eigenvalue weighted by Gasteiger charge is -2.23. The van der Waals surface area contributed by atoms with Crippen LogP contribution in [-0.4, -0.2) is 25.7 Å². The second-order valence-electron chi connectivity index (χ2n) is 4.16. The van der Waals surface area contributed by atoms with Gasteiger partial charge in [0.15, 0.2) is 0 Å². The lowest BCUT2D eigenvalue weighted by atomic mass is 9.88. The van der Waals surface area contributed by atoms with Crippen LogP contribution < -0.4 is 10.6 Å². The molecule has 0 bridgehead atoms. The maximum atomic E-state index is 4.19. The van der Waals surface area contributed by atoms with Crippen LogP contribution in [0.2, 0.25) is 0 Å². The quantitative estimate of drug-likeness (QED) is 0.642. The van der Waals surface area contributed by atoms with Crippen molar-refractivity contribution in [3.63, 3.8) is 0 Å². The molecule has 1 unspecified atom stereocenters. The fraction of sp³-hybridized carbons (Fsp3) is 0.818. The van der Waals surface area contributed by atoms with Crippen LogP contribution in [0.15, 0.2) is 12.2 Å². The standard InChI is InChI=1S/C11H22N2/c1-5-13-11-7-12-6-10(11)9(4)8(2)3/h8,10-13H,4-7H2,1-3H3/t10-,11?/m1/s1. The van der Waals surface area contributed by atoms with Gasteiger partial charge < -0.3 is 10.6 Å². The highest BCUT2D eigenvalue weighted by atomic mass is 15.0. The number of nitrogens with one attached hydrogen (secondary N) is 2. The first-order chi connectivity index (χ1) is 6.16. The SMILES string of the molecule is C=C(C(C)C)[C@H]1CNCC1NCC. The summed E-state index contributed by atoms with van der Waals surface area (Å²) in [7, 11) is 0. The number of likely N-dealkylation sites (N-methyl/N-ethyl adjacent to an activating group) is 1.